The number of allylic oxidation sites excluding steroid dienone is 5. The molecule has 1 heterocycles. The van der Waals surface area contributed by atoms with E-state index in [1.807, 2.05) is 45.1 Å². The first-order valence-corrected chi connectivity index (χ1v) is 7.13. The number of nitrogens with zero attached hydrogens (tertiary/aromatic N) is 4. The molecule has 0 aromatic carbocycles. The van der Waals surface area contributed by atoms with Gasteiger partial charge in [0.15, 0.2) is 0 Å². The molecule has 1 aromatic heterocycles. The van der Waals surface area contributed by atoms with E-state index in [4.69, 9.17) is 15.5 Å². The summed E-state index contributed by atoms with van der Waals surface area (Å²) >= 11 is 0. The van der Waals surface area contributed by atoms with Crippen LogP contribution >= 0.6 is 0 Å². The smallest absolute Gasteiger partial charge is 0.226 e. The molecule has 1 rings (SSSR count). The minimum Gasteiger partial charge on any atom is -0.440 e. The molecule has 0 spiro atoms. The molecule has 6 nitrogen and oxygen atoms in total. The molecule has 0 aliphatic rings. The zero-order valence-electron chi connectivity index (χ0n) is 13.4. The molecule has 0 fully saturated rings. The Morgan fingerprint density at radius 2 is 2.23 bits per heavy atom. The maximum Gasteiger partial charge on any atom is 0.226 e. The van der Waals surface area contributed by atoms with E-state index in [9.17, 15) is 0 Å². The van der Waals surface area contributed by atoms with Crippen molar-refractivity contribution >= 4 is 11.3 Å². The van der Waals surface area contributed by atoms with Crippen molar-refractivity contribution in [2.45, 2.75) is 40.0 Å². The average molecular weight is 299 g/mol. The Labute approximate surface area is 130 Å². The standard InChI is InChI=1S/C16H21N5O/c1-5-7-8-12(6-2)16-19-14(15(22-16)11(3)4)13(9-10-17)20-21-18/h6-9,11H,5H2,1-4H3,(H2,18,20)/b8-7-,12-6+,13-9+. The molecular weight excluding hydrogens is 278 g/mol. The first-order chi connectivity index (χ1) is 10.6. The van der Waals surface area contributed by atoms with Gasteiger partial charge in [-0.2, -0.15) is 5.26 Å². The number of aromatic nitrogens is 1. The number of rotatable bonds is 6. The molecule has 0 atom stereocenters. The summed E-state index contributed by atoms with van der Waals surface area (Å²) < 4.78 is 5.88. The fourth-order valence-corrected chi connectivity index (χ4v) is 1.83. The van der Waals surface area contributed by atoms with E-state index in [1.165, 1.54) is 6.08 Å². The largest absolute Gasteiger partial charge is 0.440 e. The van der Waals surface area contributed by atoms with Crippen LogP contribution in [0.15, 0.2) is 39.1 Å². The molecule has 0 amide bonds. The van der Waals surface area contributed by atoms with E-state index >= 15 is 0 Å². The summed E-state index contributed by atoms with van der Waals surface area (Å²) in [5, 5.41) is 15.9. The lowest BCUT2D eigenvalue weighted by Gasteiger charge is -2.02. The van der Waals surface area contributed by atoms with Gasteiger partial charge in [0, 0.05) is 17.6 Å². The van der Waals surface area contributed by atoms with Gasteiger partial charge >= 0.3 is 0 Å². The quantitative estimate of drug-likeness (QED) is 0.277. The second kappa shape index (κ2) is 8.57. The molecule has 22 heavy (non-hydrogen) atoms. The second-order valence-electron chi connectivity index (χ2n) is 4.82. The first kappa shape index (κ1) is 17.4. The zero-order valence-corrected chi connectivity index (χ0v) is 13.4. The van der Waals surface area contributed by atoms with Crippen LogP contribution in [0, 0.1) is 11.3 Å². The highest BCUT2D eigenvalue weighted by Gasteiger charge is 2.20. The van der Waals surface area contributed by atoms with Gasteiger partial charge in [0.2, 0.25) is 5.89 Å². The summed E-state index contributed by atoms with van der Waals surface area (Å²) in [7, 11) is 0. The normalized spacial score (nSPS) is 13.5. The van der Waals surface area contributed by atoms with Gasteiger partial charge < -0.3 is 10.3 Å². The van der Waals surface area contributed by atoms with E-state index in [-0.39, 0.29) is 5.92 Å². The van der Waals surface area contributed by atoms with E-state index in [1.54, 1.807) is 0 Å². The Bertz CT molecular complexity index is 657. The highest BCUT2D eigenvalue weighted by molar-refractivity contribution is 5.71. The summed E-state index contributed by atoms with van der Waals surface area (Å²) in [4.78, 5) is 4.48. The monoisotopic (exact) mass is 299 g/mol. The third-order valence-electron chi connectivity index (χ3n) is 2.88. The zero-order chi connectivity index (χ0) is 16.5. The van der Waals surface area contributed by atoms with Crippen molar-refractivity contribution in [1.82, 2.24) is 4.98 Å². The third-order valence-corrected chi connectivity index (χ3v) is 2.88. The van der Waals surface area contributed by atoms with Gasteiger partial charge in [-0.15, -0.1) is 5.11 Å². The van der Waals surface area contributed by atoms with Crippen molar-refractivity contribution in [3.05, 3.63) is 41.6 Å². The molecule has 0 saturated heterocycles. The van der Waals surface area contributed by atoms with Crippen LogP contribution in [-0.4, -0.2) is 4.98 Å². The number of nitrogens with two attached hydrogens (primary N) is 1. The summed E-state index contributed by atoms with van der Waals surface area (Å²) in [5.74, 6) is 6.33. The van der Waals surface area contributed by atoms with Gasteiger partial charge in [0.25, 0.3) is 0 Å². The van der Waals surface area contributed by atoms with E-state index < -0.39 is 0 Å². The fourth-order valence-electron chi connectivity index (χ4n) is 1.83. The third kappa shape index (κ3) is 4.16. The van der Waals surface area contributed by atoms with Gasteiger partial charge in [-0.25, -0.2) is 4.98 Å². The topological polar surface area (TPSA) is 101 Å². The maximum atomic E-state index is 8.88. The highest BCUT2D eigenvalue weighted by atomic mass is 16.4. The number of hydrogen-bond acceptors (Lipinski definition) is 5. The maximum absolute atomic E-state index is 8.88. The molecule has 0 radical (unpaired) electrons. The van der Waals surface area contributed by atoms with Crippen molar-refractivity contribution in [1.29, 1.82) is 5.26 Å². The molecule has 0 bridgehead atoms. The molecule has 1 aromatic rings. The van der Waals surface area contributed by atoms with Crippen LogP contribution in [0.5, 0.6) is 0 Å². The number of nitriles is 1. The summed E-state index contributed by atoms with van der Waals surface area (Å²) in [6, 6.07) is 1.92. The lowest BCUT2D eigenvalue weighted by atomic mass is 10.1. The SMILES string of the molecule is C/C=C(\C=C/CC)c1nc(C(=C\C#N)/N=N\N)c(C(C)C)o1. The van der Waals surface area contributed by atoms with Crippen LogP contribution in [0.25, 0.3) is 11.3 Å². The van der Waals surface area contributed by atoms with Crippen LogP contribution in [0.4, 0.5) is 0 Å². The predicted octanol–water partition coefficient (Wildman–Crippen LogP) is 4.36. The molecule has 0 aliphatic heterocycles. The van der Waals surface area contributed by atoms with Crippen molar-refractivity contribution in [2.75, 3.05) is 0 Å². The van der Waals surface area contributed by atoms with Gasteiger partial charge in [-0.05, 0) is 13.3 Å². The number of hydrogen-bond donors (Lipinski definition) is 1. The van der Waals surface area contributed by atoms with Crippen LogP contribution in [0.2, 0.25) is 0 Å². The first-order valence-electron chi connectivity index (χ1n) is 7.13. The summed E-state index contributed by atoms with van der Waals surface area (Å²) in [6.07, 6.45) is 8.08. The van der Waals surface area contributed by atoms with Gasteiger partial charge in [0.1, 0.15) is 17.2 Å². The molecule has 0 saturated carbocycles. The van der Waals surface area contributed by atoms with Gasteiger partial charge in [-0.1, -0.05) is 44.2 Å². The van der Waals surface area contributed by atoms with E-state index in [0.717, 1.165) is 12.0 Å². The molecule has 116 valence electrons. The lowest BCUT2D eigenvalue weighted by molar-refractivity contribution is 0.471. The Hall–Kier alpha value is -2.68. The predicted molar refractivity (Wildman–Crippen MR) is 86.3 cm³/mol. The van der Waals surface area contributed by atoms with Crippen LogP contribution < -0.4 is 5.84 Å². The molecule has 0 unspecified atom stereocenters. The Kier molecular flexibility index (Phi) is 6.77. The van der Waals surface area contributed by atoms with Crippen LogP contribution in [0.3, 0.4) is 0 Å². The fraction of sp³-hybridized carbons (Fsp3) is 0.375. The average Bonchev–Trinajstić information content (AvgIpc) is 2.93. The molecule has 2 N–H and O–H groups in total. The Morgan fingerprint density at radius 3 is 2.73 bits per heavy atom. The van der Waals surface area contributed by atoms with Crippen molar-refractivity contribution in [2.24, 2.45) is 16.2 Å². The van der Waals surface area contributed by atoms with E-state index in [0.29, 0.717) is 23.0 Å². The van der Waals surface area contributed by atoms with Crippen molar-refractivity contribution in [3.63, 3.8) is 0 Å². The molecule has 6 heteroatoms. The number of oxazole rings is 1. The van der Waals surface area contributed by atoms with Crippen LogP contribution in [0.1, 0.15) is 57.4 Å². The Balaban J connectivity index is 3.44. The van der Waals surface area contributed by atoms with Crippen molar-refractivity contribution < 1.29 is 4.42 Å². The molecular formula is C16H21N5O. The second-order valence-corrected chi connectivity index (χ2v) is 4.82. The Morgan fingerprint density at radius 1 is 1.50 bits per heavy atom. The lowest BCUT2D eigenvalue weighted by Crippen LogP contribution is -1.92. The highest BCUT2D eigenvalue weighted by Crippen LogP contribution is 2.30. The summed E-state index contributed by atoms with van der Waals surface area (Å²) in [6.45, 7) is 7.93. The van der Waals surface area contributed by atoms with Crippen molar-refractivity contribution in [3.8, 4) is 6.07 Å². The summed E-state index contributed by atoms with van der Waals surface area (Å²) in [5.41, 5.74) is 1.65. The van der Waals surface area contributed by atoms with Crippen LogP contribution in [-0.2, 0) is 0 Å². The molecule has 0 aliphatic carbocycles. The minimum absolute atomic E-state index is 0.0829. The van der Waals surface area contributed by atoms with Gasteiger partial charge in [-0.3, -0.25) is 0 Å². The minimum atomic E-state index is 0.0829. The van der Waals surface area contributed by atoms with Gasteiger partial charge in [0.05, 0.1) is 6.07 Å². The van der Waals surface area contributed by atoms with E-state index in [2.05, 4.69) is 22.2 Å².